The van der Waals surface area contributed by atoms with Crippen molar-refractivity contribution in [3.05, 3.63) is 0 Å². The zero-order valence-corrected chi connectivity index (χ0v) is 11.9. The zero-order chi connectivity index (χ0) is 14.1. The molecule has 20 heavy (non-hydrogen) atoms. The average Bonchev–Trinajstić information content (AvgIpc) is 3.17. The van der Waals surface area contributed by atoms with Gasteiger partial charge in [-0.2, -0.15) is 0 Å². The van der Waals surface area contributed by atoms with Crippen molar-refractivity contribution in [1.29, 1.82) is 0 Å². The van der Waals surface area contributed by atoms with E-state index in [1.807, 2.05) is 0 Å². The van der Waals surface area contributed by atoms with Crippen molar-refractivity contribution >= 4 is 11.8 Å². The Morgan fingerprint density at radius 3 is 2.45 bits per heavy atom. The van der Waals surface area contributed by atoms with Crippen LogP contribution in [0.3, 0.4) is 0 Å². The van der Waals surface area contributed by atoms with Crippen LogP contribution in [0.4, 0.5) is 0 Å². The summed E-state index contributed by atoms with van der Waals surface area (Å²) in [6, 6.07) is -0.438. The molecule has 0 bridgehead atoms. The van der Waals surface area contributed by atoms with Gasteiger partial charge in [0, 0.05) is 12.5 Å². The number of carbonyl (C=O) groups excluding carboxylic acids is 2. The molecule has 0 aromatic carbocycles. The van der Waals surface area contributed by atoms with Crippen LogP contribution in [-0.4, -0.2) is 46.6 Å². The summed E-state index contributed by atoms with van der Waals surface area (Å²) >= 11 is 0. The zero-order valence-electron chi connectivity index (χ0n) is 11.9. The van der Waals surface area contributed by atoms with Gasteiger partial charge in [0.25, 0.3) is 0 Å². The van der Waals surface area contributed by atoms with Crippen LogP contribution in [0.5, 0.6) is 0 Å². The number of likely N-dealkylation sites (tertiary alicyclic amines) is 1. The summed E-state index contributed by atoms with van der Waals surface area (Å²) in [7, 11) is 0. The second-order valence-electron chi connectivity index (χ2n) is 6.43. The second-order valence-corrected chi connectivity index (χ2v) is 6.43. The van der Waals surface area contributed by atoms with Crippen molar-refractivity contribution < 1.29 is 14.7 Å². The predicted octanol–water partition coefficient (Wildman–Crippen LogP) is 0.807. The number of carbonyl (C=O) groups is 2. The highest BCUT2D eigenvalue weighted by Gasteiger charge is 2.41. The fraction of sp³-hybridized carbons (Fsp3) is 0.867. The Labute approximate surface area is 119 Å². The van der Waals surface area contributed by atoms with E-state index in [0.717, 1.165) is 51.4 Å². The van der Waals surface area contributed by atoms with Crippen LogP contribution in [0, 0.1) is 5.92 Å². The maximum Gasteiger partial charge on any atom is 0.243 e. The first kappa shape index (κ1) is 13.9. The lowest BCUT2D eigenvalue weighted by atomic mass is 9.92. The highest BCUT2D eigenvalue weighted by Crippen LogP contribution is 2.33. The van der Waals surface area contributed by atoms with Crippen LogP contribution in [0.15, 0.2) is 0 Å². The Kier molecular flexibility index (Phi) is 3.96. The number of nitrogens with zero attached hydrogens (tertiary/aromatic N) is 1. The molecule has 2 amide bonds. The minimum absolute atomic E-state index is 0.0672. The fourth-order valence-corrected chi connectivity index (χ4v) is 3.43. The third-order valence-electron chi connectivity index (χ3n) is 4.82. The van der Waals surface area contributed by atoms with Gasteiger partial charge < -0.3 is 15.3 Å². The molecule has 1 aliphatic heterocycles. The molecule has 3 atom stereocenters. The maximum atomic E-state index is 12.4. The maximum absolute atomic E-state index is 12.4. The van der Waals surface area contributed by atoms with Gasteiger partial charge in [-0.3, -0.25) is 9.59 Å². The summed E-state index contributed by atoms with van der Waals surface area (Å²) in [6.45, 7) is 0.709. The molecular weight excluding hydrogens is 256 g/mol. The molecule has 5 nitrogen and oxygen atoms in total. The van der Waals surface area contributed by atoms with Gasteiger partial charge >= 0.3 is 0 Å². The van der Waals surface area contributed by atoms with Gasteiger partial charge in [-0.15, -0.1) is 0 Å². The minimum Gasteiger partial charge on any atom is -0.391 e. The Morgan fingerprint density at radius 2 is 1.75 bits per heavy atom. The van der Waals surface area contributed by atoms with Crippen molar-refractivity contribution in [3.63, 3.8) is 0 Å². The Hall–Kier alpha value is -1.10. The van der Waals surface area contributed by atoms with Gasteiger partial charge in [-0.05, 0) is 38.5 Å². The summed E-state index contributed by atoms with van der Waals surface area (Å²) in [5.74, 6) is 0.262. The fourth-order valence-electron chi connectivity index (χ4n) is 3.43. The SMILES string of the molecule is O=C(NC1CCCCC1O)C1CCCN1C(=O)C1CC1. The summed E-state index contributed by atoms with van der Waals surface area (Å²) < 4.78 is 0. The third kappa shape index (κ3) is 2.82. The van der Waals surface area contributed by atoms with Gasteiger partial charge in [-0.25, -0.2) is 0 Å². The summed E-state index contributed by atoms with van der Waals surface area (Å²) in [6.07, 6.45) is 6.88. The van der Waals surface area contributed by atoms with Crippen LogP contribution in [0.2, 0.25) is 0 Å². The van der Waals surface area contributed by atoms with Crippen LogP contribution in [-0.2, 0) is 9.59 Å². The van der Waals surface area contributed by atoms with Crippen LogP contribution >= 0.6 is 0 Å². The van der Waals surface area contributed by atoms with E-state index in [1.54, 1.807) is 4.90 Å². The van der Waals surface area contributed by atoms with E-state index in [0.29, 0.717) is 6.54 Å². The average molecular weight is 280 g/mol. The number of rotatable bonds is 3. The molecule has 0 spiro atoms. The van der Waals surface area contributed by atoms with Crippen LogP contribution in [0.25, 0.3) is 0 Å². The van der Waals surface area contributed by atoms with Crippen LogP contribution < -0.4 is 5.32 Å². The number of aliphatic hydroxyl groups is 1. The molecule has 0 aromatic heterocycles. The van der Waals surface area contributed by atoms with E-state index >= 15 is 0 Å². The van der Waals surface area contributed by atoms with Gasteiger partial charge in [0.15, 0.2) is 0 Å². The van der Waals surface area contributed by atoms with Crippen molar-refractivity contribution in [2.75, 3.05) is 6.54 Å². The smallest absolute Gasteiger partial charge is 0.243 e. The van der Waals surface area contributed by atoms with Gasteiger partial charge in [-0.1, -0.05) is 12.8 Å². The second kappa shape index (κ2) is 5.72. The molecular formula is C15H24N2O3. The van der Waals surface area contributed by atoms with E-state index in [4.69, 9.17) is 0 Å². The lowest BCUT2D eigenvalue weighted by Crippen LogP contribution is -2.52. The number of aliphatic hydroxyl groups excluding tert-OH is 1. The van der Waals surface area contributed by atoms with E-state index in [2.05, 4.69) is 5.32 Å². The van der Waals surface area contributed by atoms with Crippen molar-refractivity contribution in [1.82, 2.24) is 10.2 Å². The molecule has 1 heterocycles. The van der Waals surface area contributed by atoms with Gasteiger partial charge in [0.1, 0.15) is 6.04 Å². The Morgan fingerprint density at radius 1 is 1.00 bits per heavy atom. The molecule has 3 aliphatic rings. The topological polar surface area (TPSA) is 69.6 Å². The molecule has 0 radical (unpaired) electrons. The van der Waals surface area contributed by atoms with Crippen molar-refractivity contribution in [3.8, 4) is 0 Å². The molecule has 2 aliphatic carbocycles. The lowest BCUT2D eigenvalue weighted by molar-refractivity contribution is -0.140. The van der Waals surface area contributed by atoms with Gasteiger partial charge in [0.05, 0.1) is 12.1 Å². The summed E-state index contributed by atoms with van der Waals surface area (Å²) in [5.41, 5.74) is 0. The number of nitrogens with one attached hydrogen (secondary N) is 1. The first-order chi connectivity index (χ1) is 9.66. The standard InChI is InChI=1S/C15H24N2O3/c18-13-6-2-1-4-11(13)16-14(19)12-5-3-9-17(12)15(20)10-7-8-10/h10-13,18H,1-9H2,(H,16,19). The van der Waals surface area contributed by atoms with E-state index in [-0.39, 0.29) is 29.8 Å². The monoisotopic (exact) mass is 280 g/mol. The van der Waals surface area contributed by atoms with E-state index in [9.17, 15) is 14.7 Å². The third-order valence-corrected chi connectivity index (χ3v) is 4.82. The normalized spacial score (nSPS) is 34.0. The Balaban J connectivity index is 1.59. The minimum atomic E-state index is -0.429. The lowest BCUT2D eigenvalue weighted by Gasteiger charge is -2.31. The van der Waals surface area contributed by atoms with Crippen molar-refractivity contribution in [2.45, 2.75) is 69.6 Å². The molecule has 1 saturated heterocycles. The predicted molar refractivity (Wildman–Crippen MR) is 73.9 cm³/mol. The largest absolute Gasteiger partial charge is 0.391 e. The molecule has 2 saturated carbocycles. The molecule has 3 rings (SSSR count). The first-order valence-corrected chi connectivity index (χ1v) is 7.96. The number of hydrogen-bond donors (Lipinski definition) is 2. The summed E-state index contributed by atoms with van der Waals surface area (Å²) in [4.78, 5) is 26.3. The number of amides is 2. The first-order valence-electron chi connectivity index (χ1n) is 7.96. The van der Waals surface area contributed by atoms with E-state index < -0.39 is 6.10 Å². The molecule has 3 fully saturated rings. The number of hydrogen-bond acceptors (Lipinski definition) is 3. The highest BCUT2D eigenvalue weighted by molar-refractivity contribution is 5.90. The Bertz CT molecular complexity index is 395. The van der Waals surface area contributed by atoms with Crippen LogP contribution in [0.1, 0.15) is 51.4 Å². The molecule has 2 N–H and O–H groups in total. The van der Waals surface area contributed by atoms with Gasteiger partial charge in [0.2, 0.25) is 11.8 Å². The summed E-state index contributed by atoms with van der Waals surface area (Å²) in [5, 5.41) is 12.9. The van der Waals surface area contributed by atoms with Crippen molar-refractivity contribution in [2.24, 2.45) is 5.92 Å². The molecule has 3 unspecified atom stereocenters. The van der Waals surface area contributed by atoms with E-state index in [1.165, 1.54) is 0 Å². The quantitative estimate of drug-likeness (QED) is 0.803. The highest BCUT2D eigenvalue weighted by atomic mass is 16.3. The molecule has 5 heteroatoms. The molecule has 0 aromatic rings. The molecule has 112 valence electrons.